The Morgan fingerprint density at radius 2 is 1.77 bits per heavy atom. The van der Waals surface area contributed by atoms with Crippen LogP contribution in [0.2, 0.25) is 0 Å². The largest absolute Gasteiger partial charge is 0.573 e. The number of hydrogen-bond acceptors (Lipinski definition) is 5. The first kappa shape index (κ1) is 24.1. The summed E-state index contributed by atoms with van der Waals surface area (Å²) in [7, 11) is 1.36. The third-order valence-electron chi connectivity index (χ3n) is 5.61. The van der Waals surface area contributed by atoms with Crippen molar-refractivity contribution in [3.63, 3.8) is 0 Å². The quantitative estimate of drug-likeness (QED) is 0.294. The van der Waals surface area contributed by atoms with Crippen molar-refractivity contribution < 1.29 is 27.4 Å². The summed E-state index contributed by atoms with van der Waals surface area (Å²) in [5.74, 6) is -0.0518. The van der Waals surface area contributed by atoms with Crippen molar-refractivity contribution in [3.05, 3.63) is 83.9 Å². The second-order valence-electron chi connectivity index (χ2n) is 7.99. The number of carbonyl (C=O) groups is 1. The molecule has 0 radical (unpaired) electrons. The number of alkyl halides is 3. The van der Waals surface area contributed by atoms with Crippen molar-refractivity contribution in [1.82, 2.24) is 9.55 Å². The highest BCUT2D eigenvalue weighted by Crippen LogP contribution is 2.32. The van der Waals surface area contributed by atoms with E-state index in [9.17, 15) is 18.0 Å². The maximum absolute atomic E-state index is 12.5. The molecule has 182 valence electrons. The number of aromatic nitrogens is 2. The lowest BCUT2D eigenvalue weighted by Crippen LogP contribution is -2.17. The molecule has 0 spiro atoms. The van der Waals surface area contributed by atoms with Gasteiger partial charge in [0.05, 0.1) is 24.2 Å². The Morgan fingerprint density at radius 3 is 2.43 bits per heavy atom. The van der Waals surface area contributed by atoms with Crippen molar-refractivity contribution in [2.45, 2.75) is 32.2 Å². The van der Waals surface area contributed by atoms with Crippen LogP contribution in [0.3, 0.4) is 0 Å². The summed E-state index contributed by atoms with van der Waals surface area (Å²) in [6.07, 6.45) is -3.96. The van der Waals surface area contributed by atoms with Gasteiger partial charge in [0.1, 0.15) is 5.75 Å². The van der Waals surface area contributed by atoms with Crippen LogP contribution < -0.4 is 10.1 Å². The summed E-state index contributed by atoms with van der Waals surface area (Å²) in [5.41, 5.74) is 4.18. The SMILES string of the molecule is COC(=O)CCc1ccc2c(c1)nc(Nc1ccc(OC(F)(F)F)cc1)n2[C@@H](C)c1ccccc1. The number of hydrogen-bond donors (Lipinski definition) is 1. The molecule has 1 heterocycles. The third kappa shape index (κ3) is 5.92. The Kier molecular flexibility index (Phi) is 6.95. The van der Waals surface area contributed by atoms with Gasteiger partial charge in [0.15, 0.2) is 0 Å². The third-order valence-corrected chi connectivity index (χ3v) is 5.61. The van der Waals surface area contributed by atoms with E-state index in [1.165, 1.54) is 31.4 Å². The van der Waals surface area contributed by atoms with E-state index in [4.69, 9.17) is 9.72 Å². The van der Waals surface area contributed by atoms with Gasteiger partial charge in [-0.15, -0.1) is 13.2 Å². The number of anilines is 2. The maximum Gasteiger partial charge on any atom is 0.573 e. The van der Waals surface area contributed by atoms with Gasteiger partial charge in [0.25, 0.3) is 0 Å². The number of nitrogens with one attached hydrogen (secondary N) is 1. The number of rotatable bonds is 8. The summed E-state index contributed by atoms with van der Waals surface area (Å²) < 4.78 is 48.2. The van der Waals surface area contributed by atoms with Gasteiger partial charge in [0.2, 0.25) is 5.95 Å². The van der Waals surface area contributed by atoms with E-state index in [0.29, 0.717) is 18.1 Å². The molecule has 0 saturated carbocycles. The molecular formula is C26H24F3N3O3. The molecule has 0 amide bonds. The molecule has 0 aliphatic heterocycles. The molecule has 4 aromatic rings. The summed E-state index contributed by atoms with van der Waals surface area (Å²) >= 11 is 0. The fourth-order valence-electron chi connectivity index (χ4n) is 3.88. The molecule has 1 N–H and O–H groups in total. The number of imidazole rings is 1. The van der Waals surface area contributed by atoms with Crippen LogP contribution in [0.5, 0.6) is 5.75 Å². The number of benzene rings is 3. The van der Waals surface area contributed by atoms with Gasteiger partial charge >= 0.3 is 12.3 Å². The number of carbonyl (C=O) groups excluding carboxylic acids is 1. The Labute approximate surface area is 200 Å². The number of aryl methyl sites for hydroxylation is 1. The van der Waals surface area contributed by atoms with Crippen LogP contribution in [-0.4, -0.2) is 29.0 Å². The van der Waals surface area contributed by atoms with E-state index < -0.39 is 6.36 Å². The van der Waals surface area contributed by atoms with Gasteiger partial charge in [0, 0.05) is 12.1 Å². The summed E-state index contributed by atoms with van der Waals surface area (Å²) in [5, 5.41) is 3.22. The fraction of sp³-hybridized carbons (Fsp3) is 0.231. The second-order valence-corrected chi connectivity index (χ2v) is 7.99. The first-order chi connectivity index (χ1) is 16.7. The van der Waals surface area contributed by atoms with Gasteiger partial charge < -0.3 is 19.4 Å². The van der Waals surface area contributed by atoms with Crippen LogP contribution in [-0.2, 0) is 16.0 Å². The van der Waals surface area contributed by atoms with Crippen LogP contribution in [0.1, 0.15) is 30.5 Å². The highest BCUT2D eigenvalue weighted by molar-refractivity contribution is 5.81. The minimum atomic E-state index is -4.75. The fourth-order valence-corrected chi connectivity index (χ4v) is 3.88. The molecule has 0 aliphatic carbocycles. The van der Waals surface area contributed by atoms with Crippen LogP contribution in [0.4, 0.5) is 24.8 Å². The number of halogens is 3. The summed E-state index contributed by atoms with van der Waals surface area (Å²) in [6.45, 7) is 2.05. The van der Waals surface area contributed by atoms with Gasteiger partial charge in [-0.05, 0) is 60.9 Å². The van der Waals surface area contributed by atoms with E-state index in [0.717, 1.165) is 22.2 Å². The first-order valence-electron chi connectivity index (χ1n) is 11.0. The van der Waals surface area contributed by atoms with E-state index in [-0.39, 0.29) is 24.2 Å². The zero-order valence-electron chi connectivity index (χ0n) is 19.2. The number of methoxy groups -OCH3 is 1. The molecule has 35 heavy (non-hydrogen) atoms. The first-order valence-corrected chi connectivity index (χ1v) is 11.0. The molecule has 1 aromatic heterocycles. The highest BCUT2D eigenvalue weighted by atomic mass is 19.4. The van der Waals surface area contributed by atoms with E-state index >= 15 is 0 Å². The Morgan fingerprint density at radius 1 is 1.06 bits per heavy atom. The summed E-state index contributed by atoms with van der Waals surface area (Å²) in [4.78, 5) is 16.3. The topological polar surface area (TPSA) is 65.4 Å². The molecule has 0 fully saturated rings. The van der Waals surface area contributed by atoms with Crippen LogP contribution in [0, 0.1) is 0 Å². The van der Waals surface area contributed by atoms with Crippen LogP contribution >= 0.6 is 0 Å². The zero-order valence-corrected chi connectivity index (χ0v) is 19.2. The van der Waals surface area contributed by atoms with Crippen molar-refractivity contribution in [2.75, 3.05) is 12.4 Å². The second kappa shape index (κ2) is 10.1. The molecule has 0 bridgehead atoms. The van der Waals surface area contributed by atoms with E-state index in [2.05, 4.69) is 10.1 Å². The Hall–Kier alpha value is -4.01. The monoisotopic (exact) mass is 483 g/mol. The van der Waals surface area contributed by atoms with Gasteiger partial charge in [-0.3, -0.25) is 4.79 Å². The molecule has 6 nitrogen and oxygen atoms in total. The number of esters is 1. The Bertz CT molecular complexity index is 1300. The average Bonchev–Trinajstić information content (AvgIpc) is 3.19. The molecular weight excluding hydrogens is 459 g/mol. The van der Waals surface area contributed by atoms with Crippen LogP contribution in [0.25, 0.3) is 11.0 Å². The molecule has 3 aromatic carbocycles. The van der Waals surface area contributed by atoms with E-state index in [1.54, 1.807) is 0 Å². The van der Waals surface area contributed by atoms with Crippen molar-refractivity contribution >= 4 is 28.6 Å². The Balaban J connectivity index is 1.69. The number of ether oxygens (including phenoxy) is 2. The zero-order chi connectivity index (χ0) is 25.0. The smallest absolute Gasteiger partial charge is 0.469 e. The predicted octanol–water partition coefficient (Wildman–Crippen LogP) is 6.39. The lowest BCUT2D eigenvalue weighted by atomic mass is 10.1. The lowest BCUT2D eigenvalue weighted by molar-refractivity contribution is -0.274. The summed E-state index contributed by atoms with van der Waals surface area (Å²) in [6, 6.07) is 21.2. The standard InChI is InChI=1S/C26H24F3N3O3/c1-17(19-6-4-3-5-7-19)32-23-14-8-18(9-15-24(33)34-2)16-22(23)31-25(32)30-20-10-12-21(13-11-20)35-26(27,28)29/h3-8,10-14,16-17H,9,15H2,1-2H3,(H,30,31)/t17-/m0/s1. The number of fused-ring (bicyclic) bond motifs is 1. The maximum atomic E-state index is 12.5. The molecule has 0 saturated heterocycles. The lowest BCUT2D eigenvalue weighted by Gasteiger charge is -2.19. The predicted molar refractivity (Wildman–Crippen MR) is 127 cm³/mol. The minimum absolute atomic E-state index is 0.0857. The normalized spacial score (nSPS) is 12.4. The van der Waals surface area contributed by atoms with E-state index in [1.807, 2.05) is 60.0 Å². The average molecular weight is 483 g/mol. The molecule has 0 aliphatic rings. The number of nitrogens with zero attached hydrogens (tertiary/aromatic N) is 2. The van der Waals surface area contributed by atoms with Crippen LogP contribution in [0.15, 0.2) is 72.8 Å². The van der Waals surface area contributed by atoms with Gasteiger partial charge in [-0.1, -0.05) is 36.4 Å². The van der Waals surface area contributed by atoms with Crippen molar-refractivity contribution in [2.24, 2.45) is 0 Å². The van der Waals surface area contributed by atoms with Gasteiger partial charge in [-0.25, -0.2) is 4.98 Å². The molecule has 9 heteroatoms. The highest BCUT2D eigenvalue weighted by Gasteiger charge is 2.31. The molecule has 1 atom stereocenters. The molecule has 0 unspecified atom stereocenters. The van der Waals surface area contributed by atoms with Crippen molar-refractivity contribution in [1.29, 1.82) is 0 Å². The minimum Gasteiger partial charge on any atom is -0.469 e. The van der Waals surface area contributed by atoms with Gasteiger partial charge in [-0.2, -0.15) is 0 Å². The van der Waals surface area contributed by atoms with Crippen molar-refractivity contribution in [3.8, 4) is 5.75 Å². The molecule has 4 rings (SSSR count).